The molecule has 21 heavy (non-hydrogen) atoms. The molecule has 0 bridgehead atoms. The third-order valence-corrected chi connectivity index (χ3v) is 5.15. The van der Waals surface area contributed by atoms with E-state index in [0.717, 1.165) is 37.6 Å². The fraction of sp³-hybridized carbons (Fsp3) is 0.375. The van der Waals surface area contributed by atoms with Crippen LogP contribution in [0.5, 0.6) is 0 Å². The minimum atomic E-state index is 0.347. The highest BCUT2D eigenvalue weighted by Gasteiger charge is 2.25. The van der Waals surface area contributed by atoms with Crippen molar-refractivity contribution in [3.05, 3.63) is 36.2 Å². The highest BCUT2D eigenvalue weighted by molar-refractivity contribution is 7.22. The van der Waals surface area contributed by atoms with Gasteiger partial charge in [0.2, 0.25) is 0 Å². The lowest BCUT2D eigenvalue weighted by molar-refractivity contribution is 0.394. The van der Waals surface area contributed by atoms with Crippen LogP contribution in [0.1, 0.15) is 31.6 Å². The summed E-state index contributed by atoms with van der Waals surface area (Å²) in [5.41, 5.74) is 0. The highest BCUT2D eigenvalue weighted by atomic mass is 32.1. The van der Waals surface area contributed by atoms with E-state index in [0.29, 0.717) is 6.04 Å². The first-order valence-electron chi connectivity index (χ1n) is 7.52. The average Bonchev–Trinajstić information content (AvgIpc) is 3.11. The molecule has 0 saturated carbocycles. The lowest BCUT2D eigenvalue weighted by atomic mass is 10.1. The van der Waals surface area contributed by atoms with Gasteiger partial charge in [-0.25, -0.2) is 0 Å². The monoisotopic (exact) mass is 298 g/mol. The number of benzene rings is 1. The van der Waals surface area contributed by atoms with Crippen LogP contribution in [0.2, 0.25) is 0 Å². The number of nitrogens with one attached hydrogen (secondary N) is 1. The zero-order valence-corrected chi connectivity index (χ0v) is 12.9. The number of thiophene rings is 1. The van der Waals surface area contributed by atoms with Crippen LogP contribution in [-0.2, 0) is 6.54 Å². The van der Waals surface area contributed by atoms with E-state index in [1.165, 1.54) is 15.0 Å². The van der Waals surface area contributed by atoms with Crippen molar-refractivity contribution in [2.24, 2.45) is 0 Å². The van der Waals surface area contributed by atoms with Crippen LogP contribution in [0.3, 0.4) is 0 Å². The van der Waals surface area contributed by atoms with Crippen LogP contribution in [0, 0.1) is 0 Å². The summed E-state index contributed by atoms with van der Waals surface area (Å²) in [6, 6.07) is 11.1. The Kier molecular flexibility index (Phi) is 3.24. The summed E-state index contributed by atoms with van der Waals surface area (Å²) in [6.45, 7) is 4.16. The lowest BCUT2D eigenvalue weighted by Crippen LogP contribution is -2.33. The van der Waals surface area contributed by atoms with Crippen molar-refractivity contribution < 1.29 is 0 Å². The predicted molar refractivity (Wildman–Crippen MR) is 86.5 cm³/mol. The van der Waals surface area contributed by atoms with E-state index in [1.807, 2.05) is 0 Å². The fourth-order valence-corrected chi connectivity index (χ4v) is 4.09. The van der Waals surface area contributed by atoms with E-state index >= 15 is 0 Å². The zero-order chi connectivity index (χ0) is 14.2. The summed E-state index contributed by atoms with van der Waals surface area (Å²) >= 11 is 1.80. The van der Waals surface area contributed by atoms with E-state index in [1.54, 1.807) is 11.3 Å². The van der Waals surface area contributed by atoms with Gasteiger partial charge in [0.05, 0.1) is 10.9 Å². The van der Waals surface area contributed by atoms with Crippen molar-refractivity contribution in [3.8, 4) is 10.7 Å². The zero-order valence-electron chi connectivity index (χ0n) is 12.0. The van der Waals surface area contributed by atoms with E-state index in [-0.39, 0.29) is 0 Å². The Hall–Kier alpha value is -1.72. The predicted octanol–water partition coefficient (Wildman–Crippen LogP) is 3.60. The maximum absolute atomic E-state index is 4.48. The molecule has 0 amide bonds. The smallest absolute Gasteiger partial charge is 0.174 e. The molecule has 0 fully saturated rings. The van der Waals surface area contributed by atoms with Gasteiger partial charge in [-0.15, -0.1) is 21.5 Å². The Balaban J connectivity index is 1.79. The van der Waals surface area contributed by atoms with Gasteiger partial charge in [-0.05, 0) is 23.9 Å². The van der Waals surface area contributed by atoms with Crippen LogP contribution < -0.4 is 5.32 Å². The second kappa shape index (κ2) is 5.24. The third-order valence-electron chi connectivity index (χ3n) is 4.04. The number of hydrogen-bond donors (Lipinski definition) is 1. The Bertz CT molecular complexity index is 741. The van der Waals surface area contributed by atoms with Crippen molar-refractivity contribution in [1.82, 2.24) is 20.1 Å². The largest absolute Gasteiger partial charge is 0.308 e. The van der Waals surface area contributed by atoms with Gasteiger partial charge in [0, 0.05) is 17.8 Å². The van der Waals surface area contributed by atoms with Gasteiger partial charge in [0.1, 0.15) is 0 Å². The molecule has 3 aromatic rings. The van der Waals surface area contributed by atoms with Crippen LogP contribution in [0.4, 0.5) is 0 Å². The SMILES string of the molecule is CCCC1NCCn2c(-c3cc4ccccc4s3)nnc21. The van der Waals surface area contributed by atoms with Crippen LogP contribution in [0.25, 0.3) is 20.8 Å². The summed E-state index contributed by atoms with van der Waals surface area (Å²) in [5, 5.41) is 13.8. The van der Waals surface area contributed by atoms with E-state index in [2.05, 4.69) is 57.3 Å². The third kappa shape index (κ3) is 2.17. The molecule has 1 aliphatic rings. The number of fused-ring (bicyclic) bond motifs is 2. The van der Waals surface area contributed by atoms with Gasteiger partial charge in [-0.2, -0.15) is 0 Å². The molecular weight excluding hydrogens is 280 g/mol. The molecule has 1 N–H and O–H groups in total. The minimum absolute atomic E-state index is 0.347. The number of rotatable bonds is 3. The van der Waals surface area contributed by atoms with Crippen molar-refractivity contribution in [3.63, 3.8) is 0 Å². The molecule has 4 nitrogen and oxygen atoms in total. The molecule has 2 aromatic heterocycles. The van der Waals surface area contributed by atoms with Crippen LogP contribution in [0.15, 0.2) is 30.3 Å². The molecular formula is C16H18N4S. The van der Waals surface area contributed by atoms with Crippen molar-refractivity contribution >= 4 is 21.4 Å². The molecule has 0 saturated heterocycles. The molecule has 1 atom stereocenters. The summed E-state index contributed by atoms with van der Waals surface area (Å²) in [7, 11) is 0. The van der Waals surface area contributed by atoms with Gasteiger partial charge >= 0.3 is 0 Å². The van der Waals surface area contributed by atoms with Crippen molar-refractivity contribution in [1.29, 1.82) is 0 Å². The van der Waals surface area contributed by atoms with Gasteiger partial charge in [-0.1, -0.05) is 31.5 Å². The molecule has 1 unspecified atom stereocenters. The molecule has 0 radical (unpaired) electrons. The van der Waals surface area contributed by atoms with Crippen molar-refractivity contribution in [2.75, 3.05) is 6.54 Å². The highest BCUT2D eigenvalue weighted by Crippen LogP contribution is 2.34. The molecule has 0 spiro atoms. The second-order valence-electron chi connectivity index (χ2n) is 5.48. The summed E-state index contributed by atoms with van der Waals surface area (Å²) in [5.74, 6) is 2.12. The quantitative estimate of drug-likeness (QED) is 0.803. The Morgan fingerprint density at radius 1 is 1.33 bits per heavy atom. The lowest BCUT2D eigenvalue weighted by Gasteiger charge is -2.24. The molecule has 0 aliphatic carbocycles. The number of aromatic nitrogens is 3. The molecule has 108 valence electrons. The van der Waals surface area contributed by atoms with Gasteiger partial charge < -0.3 is 9.88 Å². The Morgan fingerprint density at radius 2 is 2.24 bits per heavy atom. The molecule has 5 heteroatoms. The first-order valence-corrected chi connectivity index (χ1v) is 8.34. The Labute approximate surface area is 127 Å². The summed E-state index contributed by atoms with van der Waals surface area (Å²) in [4.78, 5) is 1.21. The van der Waals surface area contributed by atoms with Gasteiger partial charge in [0.25, 0.3) is 0 Å². The van der Waals surface area contributed by atoms with E-state index in [4.69, 9.17) is 0 Å². The molecule has 3 heterocycles. The van der Waals surface area contributed by atoms with Crippen LogP contribution in [-0.4, -0.2) is 21.3 Å². The standard InChI is InChI=1S/C16H18N4S/c1-2-5-12-15-18-19-16(20(15)9-8-17-12)14-10-11-6-3-4-7-13(11)21-14/h3-4,6-7,10,12,17H,2,5,8-9H2,1H3. The average molecular weight is 298 g/mol. The maximum atomic E-state index is 4.48. The normalized spacial score (nSPS) is 18.0. The molecule has 1 aliphatic heterocycles. The van der Waals surface area contributed by atoms with E-state index in [9.17, 15) is 0 Å². The maximum Gasteiger partial charge on any atom is 0.174 e. The van der Waals surface area contributed by atoms with Crippen LogP contribution >= 0.6 is 11.3 Å². The number of nitrogens with zero attached hydrogens (tertiary/aromatic N) is 3. The fourth-order valence-electron chi connectivity index (χ4n) is 3.03. The Morgan fingerprint density at radius 3 is 3.10 bits per heavy atom. The van der Waals surface area contributed by atoms with Gasteiger partial charge in [0.15, 0.2) is 11.6 Å². The van der Waals surface area contributed by atoms with E-state index < -0.39 is 0 Å². The first kappa shape index (κ1) is 13.0. The first-order chi connectivity index (χ1) is 10.4. The second-order valence-corrected chi connectivity index (χ2v) is 6.56. The summed E-state index contributed by atoms with van der Waals surface area (Å²) < 4.78 is 3.60. The number of hydrogen-bond acceptors (Lipinski definition) is 4. The topological polar surface area (TPSA) is 42.7 Å². The molecule has 4 rings (SSSR count). The van der Waals surface area contributed by atoms with Crippen molar-refractivity contribution in [2.45, 2.75) is 32.4 Å². The molecule has 1 aromatic carbocycles. The minimum Gasteiger partial charge on any atom is -0.308 e. The summed E-state index contributed by atoms with van der Waals surface area (Å²) in [6.07, 6.45) is 2.27. The van der Waals surface area contributed by atoms with Gasteiger partial charge in [-0.3, -0.25) is 0 Å².